The van der Waals surface area contributed by atoms with E-state index in [1.165, 1.54) is 4.80 Å². The Morgan fingerprint density at radius 2 is 1.96 bits per heavy atom. The molecule has 1 aromatic heterocycles. The van der Waals surface area contributed by atoms with Gasteiger partial charge in [-0.3, -0.25) is 4.79 Å². The van der Waals surface area contributed by atoms with Crippen LogP contribution in [0, 0.1) is 5.92 Å². The van der Waals surface area contributed by atoms with Crippen LogP contribution in [-0.2, 0) is 16.1 Å². The van der Waals surface area contributed by atoms with Crippen molar-refractivity contribution >= 4 is 5.91 Å². The summed E-state index contributed by atoms with van der Waals surface area (Å²) in [5, 5.41) is 12.3. The van der Waals surface area contributed by atoms with Crippen molar-refractivity contribution < 1.29 is 14.3 Å². The van der Waals surface area contributed by atoms with Gasteiger partial charge in [0.05, 0.1) is 19.8 Å². The van der Waals surface area contributed by atoms with Crippen molar-refractivity contribution in [2.45, 2.75) is 20.4 Å². The summed E-state index contributed by atoms with van der Waals surface area (Å²) in [5.74, 6) is 1.76. The fraction of sp³-hybridized carbons (Fsp3) is 0.529. The topological polar surface area (TPSA) is 82.4 Å². The van der Waals surface area contributed by atoms with Gasteiger partial charge in [-0.05, 0) is 35.4 Å². The maximum absolute atomic E-state index is 12.2. The van der Waals surface area contributed by atoms with Gasteiger partial charge >= 0.3 is 0 Å². The molecule has 25 heavy (non-hydrogen) atoms. The summed E-state index contributed by atoms with van der Waals surface area (Å²) in [7, 11) is 0. The molecule has 1 saturated heterocycles. The molecule has 0 N–H and O–H groups in total. The normalized spacial score (nSPS) is 14.8. The first kappa shape index (κ1) is 17.3. The van der Waals surface area contributed by atoms with Gasteiger partial charge in [-0.1, -0.05) is 13.8 Å². The number of tetrazole rings is 1. The second-order valence-corrected chi connectivity index (χ2v) is 6.37. The van der Waals surface area contributed by atoms with E-state index in [0.29, 0.717) is 44.7 Å². The van der Waals surface area contributed by atoms with Crippen molar-refractivity contribution in [3.63, 3.8) is 0 Å². The lowest BCUT2D eigenvalue weighted by Crippen LogP contribution is -2.42. The van der Waals surface area contributed by atoms with Gasteiger partial charge in [0.25, 0.3) is 0 Å². The first-order valence-electron chi connectivity index (χ1n) is 8.48. The fourth-order valence-electron chi connectivity index (χ4n) is 2.42. The van der Waals surface area contributed by atoms with Crippen molar-refractivity contribution in [1.29, 1.82) is 0 Å². The lowest BCUT2D eigenvalue weighted by molar-refractivity contribution is -0.136. The van der Waals surface area contributed by atoms with Crippen LogP contribution in [0.5, 0.6) is 5.75 Å². The summed E-state index contributed by atoms with van der Waals surface area (Å²) in [6, 6.07) is 7.55. The average molecular weight is 345 g/mol. The molecule has 0 aliphatic carbocycles. The average Bonchev–Trinajstić information content (AvgIpc) is 3.09. The van der Waals surface area contributed by atoms with E-state index in [-0.39, 0.29) is 12.5 Å². The van der Waals surface area contributed by atoms with Crippen LogP contribution in [0.1, 0.15) is 13.8 Å². The summed E-state index contributed by atoms with van der Waals surface area (Å²) in [5.41, 5.74) is 0.835. The Morgan fingerprint density at radius 3 is 2.64 bits per heavy atom. The lowest BCUT2D eigenvalue weighted by atomic mass is 10.2. The number of ether oxygens (including phenoxy) is 2. The second kappa shape index (κ2) is 8.06. The number of aromatic nitrogens is 4. The summed E-state index contributed by atoms with van der Waals surface area (Å²) < 4.78 is 10.9. The van der Waals surface area contributed by atoms with E-state index < -0.39 is 0 Å². The van der Waals surface area contributed by atoms with Gasteiger partial charge in [0.15, 0.2) is 0 Å². The Labute approximate surface area is 146 Å². The number of benzene rings is 1. The number of amides is 1. The molecule has 8 heteroatoms. The SMILES string of the molecule is CC(C)COc1ccc(-c2nnn(CC(=O)N3CCOCC3)n2)cc1. The highest BCUT2D eigenvalue weighted by atomic mass is 16.5. The van der Waals surface area contributed by atoms with Crippen molar-refractivity contribution in [3.05, 3.63) is 24.3 Å². The zero-order chi connectivity index (χ0) is 17.6. The number of morpholine rings is 1. The molecule has 0 bridgehead atoms. The second-order valence-electron chi connectivity index (χ2n) is 6.37. The van der Waals surface area contributed by atoms with Crippen molar-refractivity contribution in [1.82, 2.24) is 25.1 Å². The molecule has 0 unspecified atom stereocenters. The standard InChI is InChI=1S/C17H23N5O3/c1-13(2)12-25-15-5-3-14(4-6-15)17-18-20-22(19-17)11-16(23)21-7-9-24-10-8-21/h3-6,13H,7-12H2,1-2H3. The highest BCUT2D eigenvalue weighted by Gasteiger charge is 2.18. The van der Waals surface area contributed by atoms with E-state index in [9.17, 15) is 4.79 Å². The third kappa shape index (κ3) is 4.76. The molecule has 8 nitrogen and oxygen atoms in total. The van der Waals surface area contributed by atoms with Gasteiger partial charge < -0.3 is 14.4 Å². The maximum atomic E-state index is 12.2. The van der Waals surface area contributed by atoms with Gasteiger partial charge in [-0.15, -0.1) is 10.2 Å². The molecule has 134 valence electrons. The molecule has 0 spiro atoms. The predicted molar refractivity (Wildman–Crippen MR) is 91.0 cm³/mol. The first-order chi connectivity index (χ1) is 12.1. The highest BCUT2D eigenvalue weighted by Crippen LogP contribution is 2.19. The van der Waals surface area contributed by atoms with Crippen molar-refractivity contribution in [2.75, 3.05) is 32.9 Å². The third-order valence-electron chi connectivity index (χ3n) is 3.79. The van der Waals surface area contributed by atoms with Crippen LogP contribution >= 0.6 is 0 Å². The minimum atomic E-state index is -0.0234. The summed E-state index contributed by atoms with van der Waals surface area (Å²) in [6.07, 6.45) is 0. The lowest BCUT2D eigenvalue weighted by Gasteiger charge is -2.26. The zero-order valence-electron chi connectivity index (χ0n) is 14.6. The molecular formula is C17H23N5O3. The van der Waals surface area contributed by atoms with E-state index in [2.05, 4.69) is 29.3 Å². The quantitative estimate of drug-likeness (QED) is 0.783. The minimum Gasteiger partial charge on any atom is -0.493 e. The Balaban J connectivity index is 1.59. The molecule has 1 aromatic carbocycles. The van der Waals surface area contributed by atoms with E-state index in [4.69, 9.17) is 9.47 Å². The Kier molecular flexibility index (Phi) is 5.60. The van der Waals surface area contributed by atoms with Crippen LogP contribution in [-0.4, -0.2) is 63.9 Å². The molecule has 0 radical (unpaired) electrons. The Bertz CT molecular complexity index is 693. The van der Waals surface area contributed by atoms with E-state index in [0.717, 1.165) is 11.3 Å². The molecule has 1 fully saturated rings. The van der Waals surface area contributed by atoms with Gasteiger partial charge in [0.1, 0.15) is 12.3 Å². The summed E-state index contributed by atoms with van der Waals surface area (Å²) >= 11 is 0. The third-order valence-corrected chi connectivity index (χ3v) is 3.79. The molecular weight excluding hydrogens is 322 g/mol. The van der Waals surface area contributed by atoms with Crippen LogP contribution < -0.4 is 4.74 Å². The van der Waals surface area contributed by atoms with E-state index in [1.807, 2.05) is 24.3 Å². The molecule has 1 aliphatic rings. The van der Waals surface area contributed by atoms with Gasteiger partial charge in [-0.25, -0.2) is 0 Å². The molecule has 2 heterocycles. The van der Waals surface area contributed by atoms with Crippen LogP contribution in [0.15, 0.2) is 24.3 Å². The predicted octanol–water partition coefficient (Wildman–Crippen LogP) is 1.23. The molecule has 0 saturated carbocycles. The van der Waals surface area contributed by atoms with Crippen molar-refractivity contribution in [3.8, 4) is 17.1 Å². The molecule has 2 aromatic rings. The molecule has 0 atom stereocenters. The van der Waals surface area contributed by atoms with Crippen LogP contribution in [0.4, 0.5) is 0 Å². The van der Waals surface area contributed by atoms with E-state index in [1.54, 1.807) is 4.90 Å². The zero-order valence-corrected chi connectivity index (χ0v) is 14.6. The minimum absolute atomic E-state index is 0.0234. The maximum Gasteiger partial charge on any atom is 0.246 e. The van der Waals surface area contributed by atoms with Gasteiger partial charge in [0.2, 0.25) is 11.7 Å². The fourth-order valence-corrected chi connectivity index (χ4v) is 2.42. The highest BCUT2D eigenvalue weighted by molar-refractivity contribution is 5.75. The summed E-state index contributed by atoms with van der Waals surface area (Å²) in [4.78, 5) is 15.3. The molecule has 3 rings (SSSR count). The van der Waals surface area contributed by atoms with Gasteiger partial charge in [-0.2, -0.15) is 4.80 Å². The smallest absolute Gasteiger partial charge is 0.246 e. The number of hydrogen-bond donors (Lipinski definition) is 0. The van der Waals surface area contributed by atoms with E-state index >= 15 is 0 Å². The number of hydrogen-bond acceptors (Lipinski definition) is 6. The number of nitrogens with zero attached hydrogens (tertiary/aromatic N) is 5. The van der Waals surface area contributed by atoms with Crippen LogP contribution in [0.3, 0.4) is 0 Å². The summed E-state index contributed by atoms with van der Waals surface area (Å²) in [6.45, 7) is 7.35. The Hall–Kier alpha value is -2.48. The number of rotatable bonds is 6. The number of carbonyl (C=O) groups excluding carboxylic acids is 1. The largest absolute Gasteiger partial charge is 0.493 e. The first-order valence-corrected chi connectivity index (χ1v) is 8.48. The number of carbonyl (C=O) groups is 1. The van der Waals surface area contributed by atoms with Crippen molar-refractivity contribution in [2.24, 2.45) is 5.92 Å². The van der Waals surface area contributed by atoms with Crippen LogP contribution in [0.25, 0.3) is 11.4 Å². The van der Waals surface area contributed by atoms with Crippen LogP contribution in [0.2, 0.25) is 0 Å². The monoisotopic (exact) mass is 345 g/mol. The molecule has 1 aliphatic heterocycles. The molecule has 1 amide bonds. The Morgan fingerprint density at radius 1 is 1.24 bits per heavy atom. The van der Waals surface area contributed by atoms with Gasteiger partial charge in [0, 0.05) is 18.7 Å².